The van der Waals surface area contributed by atoms with Gasteiger partial charge < -0.3 is 10.1 Å². The zero-order chi connectivity index (χ0) is 18.3. The quantitative estimate of drug-likeness (QED) is 0.528. The molecule has 0 saturated heterocycles. The van der Waals surface area contributed by atoms with Crippen molar-refractivity contribution in [1.29, 1.82) is 0 Å². The number of rotatable bonds is 5. The Balaban J connectivity index is 1.68. The van der Waals surface area contributed by atoms with Gasteiger partial charge in [0.25, 0.3) is 0 Å². The molecular weight excluding hydrogens is 390 g/mol. The Morgan fingerprint density at radius 1 is 1.08 bits per heavy atom. The average Bonchev–Trinajstić information content (AvgIpc) is 3.17. The van der Waals surface area contributed by atoms with E-state index in [1.165, 1.54) is 28.9 Å². The van der Waals surface area contributed by atoms with E-state index >= 15 is 0 Å². The average molecular weight is 406 g/mol. The van der Waals surface area contributed by atoms with E-state index in [9.17, 15) is 8.42 Å². The van der Waals surface area contributed by atoms with Gasteiger partial charge in [0, 0.05) is 6.26 Å². The molecule has 134 valence electrons. The highest BCUT2D eigenvalue weighted by molar-refractivity contribution is 7.90. The fraction of sp³-hybridized carbons (Fsp3) is 0.176. The van der Waals surface area contributed by atoms with Gasteiger partial charge in [0.2, 0.25) is 0 Å². The van der Waals surface area contributed by atoms with Crippen molar-refractivity contribution in [2.45, 2.75) is 11.8 Å². The van der Waals surface area contributed by atoms with Crippen molar-refractivity contribution in [3.63, 3.8) is 0 Å². The van der Waals surface area contributed by atoms with Crippen molar-refractivity contribution in [3.8, 4) is 5.75 Å². The van der Waals surface area contributed by atoms with Crippen molar-refractivity contribution in [2.24, 2.45) is 0 Å². The van der Waals surface area contributed by atoms with Crippen LogP contribution in [0.15, 0.2) is 41.3 Å². The largest absolute Gasteiger partial charge is 0.492 e. The Bertz CT molecular complexity index is 1210. The Morgan fingerprint density at radius 2 is 1.85 bits per heavy atom. The zero-order valence-corrected chi connectivity index (χ0v) is 16.5. The van der Waals surface area contributed by atoms with Crippen LogP contribution in [0.4, 0.5) is 10.3 Å². The minimum atomic E-state index is -3.24. The van der Waals surface area contributed by atoms with E-state index in [-0.39, 0.29) is 0 Å². The molecule has 6 nitrogen and oxygen atoms in total. The SMILES string of the molecule is CCOc1cccc2sc(Nc3nc4ccc(S(C)(=O)=O)cc4s3)nc12. The molecule has 0 aliphatic carbocycles. The Labute approximate surface area is 158 Å². The lowest BCUT2D eigenvalue weighted by Crippen LogP contribution is -1.95. The van der Waals surface area contributed by atoms with E-state index in [0.717, 1.165) is 31.3 Å². The van der Waals surface area contributed by atoms with Gasteiger partial charge in [0.1, 0.15) is 11.3 Å². The van der Waals surface area contributed by atoms with Gasteiger partial charge >= 0.3 is 0 Å². The Kier molecular flexibility index (Phi) is 4.29. The van der Waals surface area contributed by atoms with Crippen molar-refractivity contribution in [3.05, 3.63) is 36.4 Å². The summed E-state index contributed by atoms with van der Waals surface area (Å²) in [4.78, 5) is 9.41. The van der Waals surface area contributed by atoms with Crippen LogP contribution in [0.5, 0.6) is 5.75 Å². The van der Waals surface area contributed by atoms with Gasteiger partial charge in [-0.15, -0.1) is 0 Å². The highest BCUT2D eigenvalue weighted by atomic mass is 32.2. The van der Waals surface area contributed by atoms with Crippen LogP contribution < -0.4 is 10.1 Å². The third kappa shape index (κ3) is 3.25. The van der Waals surface area contributed by atoms with Crippen LogP contribution in [0.3, 0.4) is 0 Å². The summed E-state index contributed by atoms with van der Waals surface area (Å²) in [5, 5.41) is 4.61. The summed E-state index contributed by atoms with van der Waals surface area (Å²) in [6.07, 6.45) is 1.20. The summed E-state index contributed by atoms with van der Waals surface area (Å²) in [7, 11) is -3.24. The standard InChI is InChI=1S/C17H15N3O3S3/c1-3-23-12-5-4-6-13-15(12)19-17(24-13)20-16-18-11-8-7-10(26(2,21)22)9-14(11)25-16/h4-9H,3H2,1-2H3,(H,18,19,20). The number of sulfone groups is 1. The zero-order valence-electron chi connectivity index (χ0n) is 14.0. The normalized spacial score (nSPS) is 11.9. The van der Waals surface area contributed by atoms with Crippen LogP contribution in [-0.2, 0) is 9.84 Å². The fourth-order valence-electron chi connectivity index (χ4n) is 2.53. The number of fused-ring (bicyclic) bond motifs is 2. The third-order valence-corrected chi connectivity index (χ3v) is 6.66. The number of aromatic nitrogens is 2. The van der Waals surface area contributed by atoms with Crippen molar-refractivity contribution in [2.75, 3.05) is 18.2 Å². The Hall–Kier alpha value is -2.23. The summed E-state index contributed by atoms with van der Waals surface area (Å²) >= 11 is 2.91. The second kappa shape index (κ2) is 6.49. The molecule has 26 heavy (non-hydrogen) atoms. The topological polar surface area (TPSA) is 81.2 Å². The second-order valence-corrected chi connectivity index (χ2v) is 9.68. The van der Waals surface area contributed by atoms with E-state index in [2.05, 4.69) is 15.3 Å². The summed E-state index contributed by atoms with van der Waals surface area (Å²) in [6.45, 7) is 2.52. The lowest BCUT2D eigenvalue weighted by Gasteiger charge is -2.01. The van der Waals surface area contributed by atoms with Crippen molar-refractivity contribution in [1.82, 2.24) is 9.97 Å². The van der Waals surface area contributed by atoms with Crippen LogP contribution in [0.2, 0.25) is 0 Å². The maximum atomic E-state index is 11.7. The van der Waals surface area contributed by atoms with E-state index in [0.29, 0.717) is 16.6 Å². The van der Waals surface area contributed by atoms with Gasteiger partial charge in [-0.3, -0.25) is 0 Å². The molecule has 0 saturated carbocycles. The number of para-hydroxylation sites is 1. The molecule has 1 N–H and O–H groups in total. The third-order valence-electron chi connectivity index (χ3n) is 3.68. The molecule has 2 heterocycles. The van der Waals surface area contributed by atoms with Gasteiger partial charge in [0.15, 0.2) is 20.1 Å². The minimum absolute atomic E-state index is 0.293. The fourth-order valence-corrected chi connectivity index (χ4v) is 5.10. The highest BCUT2D eigenvalue weighted by Crippen LogP contribution is 2.35. The molecule has 4 aromatic rings. The molecule has 0 aliphatic heterocycles. The molecule has 9 heteroatoms. The van der Waals surface area contributed by atoms with Crippen LogP contribution in [-0.4, -0.2) is 31.2 Å². The number of anilines is 2. The van der Waals surface area contributed by atoms with E-state index in [1.54, 1.807) is 18.2 Å². The number of thiazole rings is 2. The van der Waals surface area contributed by atoms with Gasteiger partial charge in [-0.1, -0.05) is 28.7 Å². The molecule has 0 bridgehead atoms. The van der Waals surface area contributed by atoms with Crippen molar-refractivity contribution < 1.29 is 13.2 Å². The van der Waals surface area contributed by atoms with E-state index in [1.807, 2.05) is 25.1 Å². The number of benzene rings is 2. The lowest BCUT2D eigenvalue weighted by molar-refractivity contribution is 0.344. The summed E-state index contributed by atoms with van der Waals surface area (Å²) < 4.78 is 30.9. The second-order valence-electron chi connectivity index (χ2n) is 5.60. The predicted molar refractivity (Wildman–Crippen MR) is 107 cm³/mol. The lowest BCUT2D eigenvalue weighted by atomic mass is 10.3. The number of ether oxygens (including phenoxy) is 1. The number of nitrogens with zero attached hydrogens (tertiary/aromatic N) is 2. The molecule has 0 radical (unpaired) electrons. The first kappa shape index (κ1) is 17.2. The monoisotopic (exact) mass is 405 g/mol. The maximum Gasteiger partial charge on any atom is 0.190 e. The minimum Gasteiger partial charge on any atom is -0.492 e. The smallest absolute Gasteiger partial charge is 0.190 e. The van der Waals surface area contributed by atoms with E-state index in [4.69, 9.17) is 4.74 Å². The molecule has 0 atom stereocenters. The summed E-state index contributed by atoms with van der Waals surface area (Å²) in [6, 6.07) is 10.8. The van der Waals surface area contributed by atoms with Crippen LogP contribution in [0, 0.1) is 0 Å². The number of hydrogen-bond donors (Lipinski definition) is 1. The first-order valence-corrected chi connectivity index (χ1v) is 11.4. The first-order valence-electron chi connectivity index (χ1n) is 7.84. The van der Waals surface area contributed by atoms with Crippen molar-refractivity contribution >= 4 is 63.2 Å². The summed E-state index contributed by atoms with van der Waals surface area (Å²) in [5.74, 6) is 0.761. The molecule has 0 unspecified atom stereocenters. The highest BCUT2D eigenvalue weighted by Gasteiger charge is 2.13. The maximum absolute atomic E-state index is 11.7. The Morgan fingerprint density at radius 3 is 2.62 bits per heavy atom. The molecule has 0 fully saturated rings. The predicted octanol–water partition coefficient (Wildman–Crippen LogP) is 4.45. The van der Waals surface area contributed by atoms with Gasteiger partial charge in [-0.2, -0.15) is 0 Å². The van der Waals surface area contributed by atoms with E-state index < -0.39 is 9.84 Å². The molecule has 0 amide bonds. The van der Waals surface area contributed by atoms with Crippen LogP contribution in [0.1, 0.15) is 6.92 Å². The van der Waals surface area contributed by atoms with Gasteiger partial charge in [-0.25, -0.2) is 18.4 Å². The molecule has 2 aromatic carbocycles. The molecule has 0 aliphatic rings. The molecule has 4 rings (SSSR count). The molecule has 2 aromatic heterocycles. The van der Waals surface area contributed by atoms with Crippen LogP contribution in [0.25, 0.3) is 20.4 Å². The van der Waals surface area contributed by atoms with Gasteiger partial charge in [0.05, 0.1) is 26.4 Å². The summed E-state index contributed by atoms with van der Waals surface area (Å²) in [5.41, 5.74) is 1.57. The molecule has 0 spiro atoms. The first-order chi connectivity index (χ1) is 12.4. The van der Waals surface area contributed by atoms with Gasteiger partial charge in [-0.05, 0) is 37.3 Å². The number of nitrogens with one attached hydrogen (secondary N) is 1. The molecular formula is C17H15N3O3S3. The number of hydrogen-bond acceptors (Lipinski definition) is 8. The van der Waals surface area contributed by atoms with Crippen LogP contribution >= 0.6 is 22.7 Å².